The average Bonchev–Trinajstić information content (AvgIpc) is 3.33. The molecule has 9 heteroatoms. The van der Waals surface area contributed by atoms with Gasteiger partial charge in [0.2, 0.25) is 5.91 Å². The lowest BCUT2D eigenvalue weighted by molar-refractivity contribution is -0.150. The largest absolute Gasteiger partial charge is 0.480 e. The van der Waals surface area contributed by atoms with E-state index in [1.165, 1.54) is 4.90 Å². The molecular weight excluding hydrogens is 489 g/mol. The number of hydrogen-bond donors (Lipinski definition) is 2. The van der Waals surface area contributed by atoms with Crippen molar-refractivity contribution >= 4 is 25.1 Å². The van der Waals surface area contributed by atoms with E-state index in [0.717, 1.165) is 15.8 Å². The number of benzene rings is 2. The number of likely N-dealkylation sites (tertiary alicyclic amines) is 1. The van der Waals surface area contributed by atoms with Crippen molar-refractivity contribution in [3.05, 3.63) is 71.8 Å². The van der Waals surface area contributed by atoms with Crippen LogP contribution >= 0.6 is 7.29 Å². The van der Waals surface area contributed by atoms with Crippen molar-refractivity contribution in [2.75, 3.05) is 6.54 Å². The Balaban J connectivity index is 2.15. The summed E-state index contributed by atoms with van der Waals surface area (Å²) >= 11 is 0. The maximum absolute atomic E-state index is 15.1. The number of carbonyl (C=O) groups excluding carboxylic acids is 2. The van der Waals surface area contributed by atoms with E-state index in [1.54, 1.807) is 6.92 Å². The number of hydrogen-bond acceptors (Lipinski definition) is 5. The van der Waals surface area contributed by atoms with Gasteiger partial charge in [0.15, 0.2) is 7.29 Å². The summed E-state index contributed by atoms with van der Waals surface area (Å²) in [6, 6.07) is 15.4. The summed E-state index contributed by atoms with van der Waals surface area (Å²) in [5, 5.41) is 10.3. The zero-order valence-electron chi connectivity index (χ0n) is 21.8. The minimum atomic E-state index is -3.69. The molecule has 1 saturated heterocycles. The van der Waals surface area contributed by atoms with Crippen LogP contribution in [0.25, 0.3) is 0 Å². The monoisotopic (exact) mass is 527 g/mol. The van der Waals surface area contributed by atoms with E-state index in [4.69, 9.17) is 5.73 Å². The number of nitrogens with zero attached hydrogens (tertiary/aromatic N) is 2. The molecule has 0 bridgehead atoms. The normalized spacial score (nSPS) is 17.4. The van der Waals surface area contributed by atoms with Crippen LogP contribution in [0.15, 0.2) is 60.7 Å². The zero-order chi connectivity index (χ0) is 27.2. The predicted octanol–water partition coefficient (Wildman–Crippen LogP) is 4.33. The molecule has 0 spiro atoms. The van der Waals surface area contributed by atoms with Gasteiger partial charge in [0.1, 0.15) is 12.1 Å². The molecule has 0 radical (unpaired) electrons. The Bertz CT molecular complexity index is 1080. The zero-order valence-corrected chi connectivity index (χ0v) is 22.7. The van der Waals surface area contributed by atoms with E-state index in [1.807, 2.05) is 74.5 Å². The summed E-state index contributed by atoms with van der Waals surface area (Å²) in [6.07, 6.45) is 1.17. The highest BCUT2D eigenvalue weighted by atomic mass is 31.2. The molecule has 3 rings (SSSR count). The minimum Gasteiger partial charge on any atom is -0.480 e. The number of aliphatic carboxylic acids is 1. The van der Waals surface area contributed by atoms with Gasteiger partial charge in [-0.05, 0) is 43.2 Å². The van der Waals surface area contributed by atoms with Gasteiger partial charge in [-0.2, -0.15) is 0 Å². The Morgan fingerprint density at radius 2 is 1.51 bits per heavy atom. The molecule has 0 aromatic heterocycles. The van der Waals surface area contributed by atoms with Gasteiger partial charge in [0.05, 0.1) is 6.04 Å². The van der Waals surface area contributed by atoms with Gasteiger partial charge in [-0.25, -0.2) is 4.79 Å². The Morgan fingerprint density at radius 3 is 1.95 bits per heavy atom. The van der Waals surface area contributed by atoms with Gasteiger partial charge in [0.25, 0.3) is 5.91 Å². The third-order valence-corrected chi connectivity index (χ3v) is 9.63. The van der Waals surface area contributed by atoms with E-state index in [2.05, 4.69) is 0 Å². The lowest BCUT2D eigenvalue weighted by Gasteiger charge is -2.40. The molecule has 2 aromatic carbocycles. The molecule has 2 aromatic rings. The Hall–Kier alpha value is -2.96. The molecule has 200 valence electrons. The van der Waals surface area contributed by atoms with Crippen molar-refractivity contribution in [1.29, 1.82) is 0 Å². The SMILES string of the molecule is CC(C)C[C@@H](C(=O)O)N(C(=O)[C@@H]1CCCN1C(=O)[C@H](C)N)P(=O)(Cc1ccccc1)Cc1ccccc1. The van der Waals surface area contributed by atoms with Crippen molar-refractivity contribution in [1.82, 2.24) is 9.57 Å². The van der Waals surface area contributed by atoms with Crippen molar-refractivity contribution in [3.63, 3.8) is 0 Å². The van der Waals surface area contributed by atoms with E-state index >= 15 is 4.57 Å². The van der Waals surface area contributed by atoms with Crippen molar-refractivity contribution in [3.8, 4) is 0 Å². The molecule has 1 aliphatic heterocycles. The van der Waals surface area contributed by atoms with Crippen molar-refractivity contribution < 1.29 is 24.1 Å². The van der Waals surface area contributed by atoms with Crippen LogP contribution < -0.4 is 5.73 Å². The van der Waals surface area contributed by atoms with E-state index in [9.17, 15) is 19.5 Å². The molecule has 3 atom stereocenters. The van der Waals surface area contributed by atoms with E-state index in [-0.39, 0.29) is 30.6 Å². The molecule has 8 nitrogen and oxygen atoms in total. The molecular formula is C28H38N3O5P. The molecule has 1 fully saturated rings. The summed E-state index contributed by atoms with van der Waals surface area (Å²) < 4.78 is 16.3. The third-order valence-electron chi connectivity index (χ3n) is 6.65. The number of carbonyl (C=O) groups is 3. The molecule has 3 N–H and O–H groups in total. The number of rotatable bonds is 11. The fraction of sp³-hybridized carbons (Fsp3) is 0.464. The topological polar surface area (TPSA) is 121 Å². The second-order valence-electron chi connectivity index (χ2n) is 10.3. The Morgan fingerprint density at radius 1 is 1.00 bits per heavy atom. The number of nitrogens with two attached hydrogens (primary N) is 1. The number of carboxylic acid groups (broad SMARTS) is 1. The fourth-order valence-corrected chi connectivity index (χ4v) is 8.16. The van der Waals surface area contributed by atoms with Crippen LogP contribution in [0.2, 0.25) is 0 Å². The summed E-state index contributed by atoms with van der Waals surface area (Å²) in [7, 11) is -3.69. The molecule has 2 amide bonds. The molecule has 0 aliphatic carbocycles. The van der Waals surface area contributed by atoms with Gasteiger partial charge >= 0.3 is 5.97 Å². The third kappa shape index (κ3) is 7.08. The Kier molecular flexibility index (Phi) is 9.68. The first-order chi connectivity index (χ1) is 17.5. The first-order valence-corrected chi connectivity index (χ1v) is 14.8. The summed E-state index contributed by atoms with van der Waals surface area (Å²) in [6.45, 7) is 5.67. The number of carboxylic acids is 1. The highest BCUT2D eigenvalue weighted by Crippen LogP contribution is 2.58. The van der Waals surface area contributed by atoms with Gasteiger partial charge in [-0.15, -0.1) is 0 Å². The Labute approximate surface area is 219 Å². The lowest BCUT2D eigenvalue weighted by atomic mass is 10.0. The standard InChI is InChI=1S/C28H38N3O5P/c1-20(2)17-25(28(34)35)31(27(33)24-15-10-16-30(24)26(32)21(3)29)37(36,18-22-11-6-4-7-12-22)19-23-13-8-5-9-14-23/h4-9,11-14,20-21,24-25H,10,15-19,29H2,1-3H3,(H,34,35)/t21-,24-,25-/m0/s1. The minimum absolute atomic E-state index is 0.0321. The predicted molar refractivity (Wildman–Crippen MR) is 144 cm³/mol. The summed E-state index contributed by atoms with van der Waals surface area (Å²) in [4.78, 5) is 41.2. The van der Waals surface area contributed by atoms with E-state index in [0.29, 0.717) is 19.4 Å². The molecule has 0 saturated carbocycles. The maximum Gasteiger partial charge on any atom is 0.326 e. The van der Waals surface area contributed by atoms with Gasteiger partial charge in [-0.1, -0.05) is 74.5 Å². The second kappa shape index (κ2) is 12.5. The highest BCUT2D eigenvalue weighted by Gasteiger charge is 2.48. The van der Waals surface area contributed by atoms with E-state index < -0.39 is 37.3 Å². The quantitative estimate of drug-likeness (QED) is 0.420. The van der Waals surface area contributed by atoms with Crippen LogP contribution in [0.3, 0.4) is 0 Å². The second-order valence-corrected chi connectivity index (χ2v) is 13.0. The fourth-order valence-electron chi connectivity index (χ4n) is 4.99. The van der Waals surface area contributed by atoms with Gasteiger partial charge < -0.3 is 15.7 Å². The molecule has 1 aliphatic rings. The molecule has 0 unspecified atom stereocenters. The van der Waals surface area contributed by atoms with Crippen molar-refractivity contribution in [2.24, 2.45) is 11.7 Å². The van der Waals surface area contributed by atoms with Crippen molar-refractivity contribution in [2.45, 2.75) is 70.5 Å². The van der Waals surface area contributed by atoms with Gasteiger partial charge in [-0.3, -0.25) is 18.8 Å². The van der Waals surface area contributed by atoms with Crippen LogP contribution in [0.1, 0.15) is 51.2 Å². The smallest absolute Gasteiger partial charge is 0.326 e. The summed E-state index contributed by atoms with van der Waals surface area (Å²) in [5.41, 5.74) is 7.36. The van der Waals surface area contributed by atoms with Crippen LogP contribution in [0, 0.1) is 5.92 Å². The molecule has 37 heavy (non-hydrogen) atoms. The van der Waals surface area contributed by atoms with Gasteiger partial charge in [0, 0.05) is 18.9 Å². The molecule has 1 heterocycles. The highest BCUT2D eigenvalue weighted by molar-refractivity contribution is 7.60. The first-order valence-electron chi connectivity index (χ1n) is 12.8. The van der Waals surface area contributed by atoms with Crippen LogP contribution in [-0.2, 0) is 31.3 Å². The van der Waals surface area contributed by atoms with Crippen LogP contribution in [-0.4, -0.2) is 57.1 Å². The summed E-state index contributed by atoms with van der Waals surface area (Å²) in [5.74, 6) is -2.21. The van der Waals surface area contributed by atoms with Crippen LogP contribution in [0.5, 0.6) is 0 Å². The number of amides is 2. The first kappa shape index (κ1) is 28.6. The maximum atomic E-state index is 15.1. The average molecular weight is 528 g/mol. The van der Waals surface area contributed by atoms with Crippen LogP contribution in [0.4, 0.5) is 0 Å². The lowest BCUT2D eigenvalue weighted by Crippen LogP contribution is -2.54.